The van der Waals surface area contributed by atoms with E-state index >= 15 is 0 Å². The number of carbonyl (C=O) groups is 2. The van der Waals surface area contributed by atoms with Crippen molar-refractivity contribution in [3.8, 4) is 0 Å². The van der Waals surface area contributed by atoms with E-state index in [9.17, 15) is 9.59 Å². The summed E-state index contributed by atoms with van der Waals surface area (Å²) in [5, 5.41) is 2.25. The lowest BCUT2D eigenvalue weighted by Crippen LogP contribution is -2.52. The van der Waals surface area contributed by atoms with Gasteiger partial charge in [0.2, 0.25) is 0 Å². The highest BCUT2D eigenvalue weighted by atomic mass is 16.2. The first-order chi connectivity index (χ1) is 10.0. The average Bonchev–Trinajstić information content (AvgIpc) is 2.43. The number of nitrogens with zero attached hydrogens (tertiary/aromatic N) is 2. The fourth-order valence-electron chi connectivity index (χ4n) is 2.28. The van der Waals surface area contributed by atoms with Gasteiger partial charge in [0, 0.05) is 13.6 Å². The van der Waals surface area contributed by atoms with Gasteiger partial charge in [-0.25, -0.2) is 19.6 Å². The fourth-order valence-corrected chi connectivity index (χ4v) is 2.28. The normalized spacial score (nSPS) is 10.4. The lowest BCUT2D eigenvalue weighted by molar-refractivity contribution is 0.0742. The largest absolute Gasteiger partial charge is 0.350 e. The van der Waals surface area contributed by atoms with Gasteiger partial charge in [-0.2, -0.15) is 0 Å². The maximum atomic E-state index is 11.2. The topological polar surface area (TPSA) is 92.7 Å². The molecule has 0 radical (unpaired) electrons. The predicted octanol–water partition coefficient (Wildman–Crippen LogP) is 3.21. The van der Waals surface area contributed by atoms with E-state index in [0.717, 1.165) is 24.3 Å². The van der Waals surface area contributed by atoms with Gasteiger partial charge in [-0.3, -0.25) is 0 Å². The van der Waals surface area contributed by atoms with E-state index in [1.165, 1.54) is 57.0 Å². The third kappa shape index (κ3) is 9.98. The molecular formula is C15H32N4O2. The Morgan fingerprint density at radius 3 is 1.57 bits per heavy atom. The Morgan fingerprint density at radius 1 is 0.762 bits per heavy atom. The molecule has 4 amide bonds. The Hall–Kier alpha value is -1.46. The molecule has 0 aliphatic carbocycles. The average molecular weight is 300 g/mol. The lowest BCUT2D eigenvalue weighted by Gasteiger charge is -2.28. The molecule has 0 bridgehead atoms. The third-order valence-corrected chi connectivity index (χ3v) is 3.66. The summed E-state index contributed by atoms with van der Waals surface area (Å²) in [5.41, 5.74) is 10.4. The number of amides is 4. The molecule has 0 saturated carbocycles. The van der Waals surface area contributed by atoms with Crippen molar-refractivity contribution in [3.05, 3.63) is 0 Å². The SMILES string of the molecule is CCCCCCCCCCCCN(C(N)=O)N(C)C(N)=O. The van der Waals surface area contributed by atoms with Crippen molar-refractivity contribution in [2.24, 2.45) is 11.5 Å². The molecule has 0 aliphatic rings. The second-order valence-corrected chi connectivity index (χ2v) is 5.51. The van der Waals surface area contributed by atoms with Crippen LogP contribution in [0.15, 0.2) is 0 Å². The predicted molar refractivity (Wildman–Crippen MR) is 85.5 cm³/mol. The van der Waals surface area contributed by atoms with E-state index in [2.05, 4.69) is 6.92 Å². The van der Waals surface area contributed by atoms with Crippen LogP contribution < -0.4 is 11.5 Å². The van der Waals surface area contributed by atoms with E-state index in [0.29, 0.717) is 6.54 Å². The van der Waals surface area contributed by atoms with Crippen LogP contribution in [-0.2, 0) is 0 Å². The van der Waals surface area contributed by atoms with Crippen LogP contribution >= 0.6 is 0 Å². The molecule has 0 heterocycles. The van der Waals surface area contributed by atoms with Gasteiger partial charge in [-0.1, -0.05) is 64.7 Å². The smallest absolute Gasteiger partial charge is 0.333 e. The maximum absolute atomic E-state index is 11.2. The second kappa shape index (κ2) is 12.3. The number of hydrazine groups is 1. The Balaban J connectivity index is 3.59. The molecule has 0 aliphatic heterocycles. The number of rotatable bonds is 11. The van der Waals surface area contributed by atoms with Crippen LogP contribution in [0.25, 0.3) is 0 Å². The number of nitrogens with two attached hydrogens (primary N) is 2. The van der Waals surface area contributed by atoms with Crippen LogP contribution in [0, 0.1) is 0 Å². The zero-order chi connectivity index (χ0) is 16.1. The first kappa shape index (κ1) is 19.5. The Kier molecular flexibility index (Phi) is 11.4. The van der Waals surface area contributed by atoms with Crippen molar-refractivity contribution in [1.29, 1.82) is 0 Å². The number of unbranched alkanes of at least 4 members (excludes halogenated alkanes) is 9. The molecule has 0 rings (SSSR count). The summed E-state index contributed by atoms with van der Waals surface area (Å²) < 4.78 is 0. The highest BCUT2D eigenvalue weighted by Crippen LogP contribution is 2.11. The summed E-state index contributed by atoms with van der Waals surface area (Å²) in [5.74, 6) is 0. The quantitative estimate of drug-likeness (QED) is 0.453. The minimum Gasteiger partial charge on any atom is -0.350 e. The summed E-state index contributed by atoms with van der Waals surface area (Å²) in [6.07, 6.45) is 12.2. The van der Waals surface area contributed by atoms with Crippen molar-refractivity contribution >= 4 is 12.1 Å². The second-order valence-electron chi connectivity index (χ2n) is 5.51. The van der Waals surface area contributed by atoms with Crippen molar-refractivity contribution in [1.82, 2.24) is 10.0 Å². The molecule has 124 valence electrons. The first-order valence-corrected chi connectivity index (χ1v) is 8.10. The summed E-state index contributed by atoms with van der Waals surface area (Å²) in [6, 6.07) is -1.33. The molecule has 0 spiro atoms. The minimum absolute atomic E-state index is 0.436. The molecule has 21 heavy (non-hydrogen) atoms. The van der Waals surface area contributed by atoms with Crippen LogP contribution in [0.2, 0.25) is 0 Å². The van der Waals surface area contributed by atoms with Gasteiger partial charge in [-0.15, -0.1) is 0 Å². The monoisotopic (exact) mass is 300 g/mol. The molecule has 6 heteroatoms. The van der Waals surface area contributed by atoms with Gasteiger partial charge in [0.15, 0.2) is 0 Å². The van der Waals surface area contributed by atoms with Gasteiger partial charge in [0.25, 0.3) is 0 Å². The summed E-state index contributed by atoms with van der Waals surface area (Å²) in [6.45, 7) is 2.66. The molecule has 0 saturated heterocycles. The number of carbonyl (C=O) groups excluding carboxylic acids is 2. The van der Waals surface area contributed by atoms with Crippen LogP contribution in [0.5, 0.6) is 0 Å². The Bertz CT molecular complexity index is 297. The van der Waals surface area contributed by atoms with Gasteiger partial charge in [-0.05, 0) is 6.42 Å². The lowest BCUT2D eigenvalue weighted by atomic mass is 10.1. The molecule has 0 aromatic rings. The van der Waals surface area contributed by atoms with Gasteiger partial charge in [0.1, 0.15) is 0 Å². The number of hydrogen-bond acceptors (Lipinski definition) is 2. The summed E-state index contributed by atoms with van der Waals surface area (Å²) >= 11 is 0. The minimum atomic E-state index is -0.680. The van der Waals surface area contributed by atoms with E-state index < -0.39 is 12.1 Å². The number of urea groups is 2. The summed E-state index contributed by atoms with van der Waals surface area (Å²) in [4.78, 5) is 22.3. The van der Waals surface area contributed by atoms with Crippen molar-refractivity contribution in [3.63, 3.8) is 0 Å². The van der Waals surface area contributed by atoms with E-state index in [1.54, 1.807) is 0 Å². The number of primary amides is 2. The van der Waals surface area contributed by atoms with Crippen molar-refractivity contribution in [2.75, 3.05) is 13.6 Å². The van der Waals surface area contributed by atoms with Crippen molar-refractivity contribution < 1.29 is 9.59 Å². The van der Waals surface area contributed by atoms with Gasteiger partial charge < -0.3 is 11.5 Å². The molecule has 6 nitrogen and oxygen atoms in total. The summed E-state index contributed by atoms with van der Waals surface area (Å²) in [7, 11) is 1.45. The Labute approximate surface area is 128 Å². The van der Waals surface area contributed by atoms with Crippen LogP contribution in [0.3, 0.4) is 0 Å². The fraction of sp³-hybridized carbons (Fsp3) is 0.867. The van der Waals surface area contributed by atoms with Gasteiger partial charge in [0.05, 0.1) is 0 Å². The van der Waals surface area contributed by atoms with E-state index in [-0.39, 0.29) is 0 Å². The zero-order valence-corrected chi connectivity index (χ0v) is 13.6. The zero-order valence-electron chi connectivity index (χ0n) is 13.6. The van der Waals surface area contributed by atoms with Crippen LogP contribution in [0.1, 0.15) is 71.1 Å². The highest BCUT2D eigenvalue weighted by molar-refractivity contribution is 5.78. The third-order valence-electron chi connectivity index (χ3n) is 3.66. The molecule has 0 aromatic heterocycles. The molecule has 0 fully saturated rings. The number of hydrogen-bond donors (Lipinski definition) is 2. The molecule has 0 aromatic carbocycles. The first-order valence-electron chi connectivity index (χ1n) is 8.10. The maximum Gasteiger partial charge on any atom is 0.333 e. The molecule has 0 atom stereocenters. The van der Waals surface area contributed by atoms with Gasteiger partial charge >= 0.3 is 12.1 Å². The molecular weight excluding hydrogens is 268 g/mol. The van der Waals surface area contributed by atoms with E-state index in [4.69, 9.17) is 11.5 Å². The molecule has 0 unspecified atom stereocenters. The standard InChI is InChI=1S/C15H32N4O2/c1-3-4-5-6-7-8-9-10-11-12-13-19(15(17)21)18(2)14(16)20/h3-13H2,1-2H3,(H2,16,20)(H2,17,21). The van der Waals surface area contributed by atoms with Crippen LogP contribution in [0.4, 0.5) is 9.59 Å². The van der Waals surface area contributed by atoms with E-state index in [1.807, 2.05) is 0 Å². The molecule has 4 N–H and O–H groups in total. The van der Waals surface area contributed by atoms with Crippen molar-refractivity contribution in [2.45, 2.75) is 71.1 Å². The Morgan fingerprint density at radius 2 is 1.19 bits per heavy atom. The van der Waals surface area contributed by atoms with Crippen LogP contribution in [-0.4, -0.2) is 35.7 Å². The highest BCUT2D eigenvalue weighted by Gasteiger charge is 2.17.